The number of halogens is 3. The van der Waals surface area contributed by atoms with E-state index in [1.807, 2.05) is 50.2 Å². The van der Waals surface area contributed by atoms with E-state index in [9.17, 15) is 18.7 Å². The van der Waals surface area contributed by atoms with Crippen LogP contribution in [0.15, 0.2) is 60.7 Å². The van der Waals surface area contributed by atoms with Gasteiger partial charge in [-0.2, -0.15) is 0 Å². The van der Waals surface area contributed by atoms with Gasteiger partial charge in [0.05, 0.1) is 31.3 Å². The van der Waals surface area contributed by atoms with Gasteiger partial charge in [0.1, 0.15) is 0 Å². The van der Waals surface area contributed by atoms with Crippen LogP contribution in [0.3, 0.4) is 0 Å². The first-order valence-corrected chi connectivity index (χ1v) is 14.4. The summed E-state index contributed by atoms with van der Waals surface area (Å²) in [6, 6.07) is 18.0. The van der Waals surface area contributed by atoms with E-state index in [-0.39, 0.29) is 50.0 Å². The fraction of sp³-hybridized carbons (Fsp3) is 0.424. The van der Waals surface area contributed by atoms with Gasteiger partial charge < -0.3 is 19.5 Å². The molecule has 5 rings (SSSR count). The van der Waals surface area contributed by atoms with Gasteiger partial charge in [-0.3, -0.25) is 4.79 Å². The highest BCUT2D eigenvalue weighted by atomic mass is 35.5. The van der Waals surface area contributed by atoms with Crippen molar-refractivity contribution in [2.24, 2.45) is 5.92 Å². The number of fused-ring (bicyclic) bond motifs is 1. The van der Waals surface area contributed by atoms with Crippen molar-refractivity contribution < 1.29 is 28.2 Å². The number of hydrogen-bond donors (Lipinski definition) is 1. The normalized spacial score (nSPS) is 20.5. The number of alkyl halides is 2. The fourth-order valence-corrected chi connectivity index (χ4v) is 6.25. The van der Waals surface area contributed by atoms with Gasteiger partial charge in [0, 0.05) is 23.6 Å². The van der Waals surface area contributed by atoms with Crippen molar-refractivity contribution in [1.29, 1.82) is 0 Å². The lowest BCUT2D eigenvalue weighted by molar-refractivity contribution is -0.118. The largest absolute Gasteiger partial charge is 0.493 e. The van der Waals surface area contributed by atoms with Crippen LogP contribution in [0.5, 0.6) is 11.5 Å². The van der Waals surface area contributed by atoms with Gasteiger partial charge in [0.2, 0.25) is 11.8 Å². The molecule has 0 aromatic heterocycles. The Hall–Kier alpha value is -3.16. The average molecular weight is 584 g/mol. The molecule has 0 spiro atoms. The number of carbonyl (C=O) groups is 1. The van der Waals surface area contributed by atoms with E-state index in [1.165, 1.54) is 0 Å². The summed E-state index contributed by atoms with van der Waals surface area (Å²) in [6.07, 6.45) is 0.173. The van der Waals surface area contributed by atoms with Gasteiger partial charge in [-0.25, -0.2) is 8.78 Å². The number of anilines is 1. The molecule has 1 aliphatic heterocycles. The van der Waals surface area contributed by atoms with E-state index < -0.39 is 17.6 Å². The Morgan fingerprint density at radius 1 is 1.02 bits per heavy atom. The maximum atomic E-state index is 13.8. The summed E-state index contributed by atoms with van der Waals surface area (Å²) in [7, 11) is 1.58. The highest BCUT2D eigenvalue weighted by Crippen LogP contribution is 2.46. The maximum absolute atomic E-state index is 13.8. The Labute approximate surface area is 245 Å². The third-order valence-corrected chi connectivity index (χ3v) is 8.63. The number of nitrogens with zero attached hydrogens (tertiary/aromatic N) is 1. The van der Waals surface area contributed by atoms with Crippen LogP contribution < -0.4 is 14.4 Å². The first-order chi connectivity index (χ1) is 19.4. The number of methoxy groups -OCH3 is 1. The van der Waals surface area contributed by atoms with Crippen molar-refractivity contribution in [3.8, 4) is 11.5 Å². The Kier molecular flexibility index (Phi) is 8.05. The minimum absolute atomic E-state index is 0.0759. The summed E-state index contributed by atoms with van der Waals surface area (Å²) in [6.45, 7) is 5.58. The minimum Gasteiger partial charge on any atom is -0.493 e. The molecule has 1 fully saturated rings. The van der Waals surface area contributed by atoms with Crippen molar-refractivity contribution in [2.45, 2.75) is 76.5 Å². The van der Waals surface area contributed by atoms with Crippen LogP contribution in [0, 0.1) is 5.92 Å². The zero-order valence-electron chi connectivity index (χ0n) is 23.8. The molecule has 5 nitrogen and oxygen atoms in total. The quantitative estimate of drug-likeness (QED) is 0.308. The first-order valence-electron chi connectivity index (χ1n) is 14.1. The van der Waals surface area contributed by atoms with Crippen LogP contribution in [0.1, 0.15) is 74.8 Å². The Balaban J connectivity index is 1.54. The highest BCUT2D eigenvalue weighted by Gasteiger charge is 2.43. The summed E-state index contributed by atoms with van der Waals surface area (Å²) >= 11 is 6.21. The molecular weight excluding hydrogens is 548 g/mol. The van der Waals surface area contributed by atoms with Crippen LogP contribution in [0.2, 0.25) is 5.02 Å². The number of carbonyl (C=O) groups excluding carboxylic acids is 1. The molecule has 0 radical (unpaired) electrons. The van der Waals surface area contributed by atoms with Crippen molar-refractivity contribution in [3.63, 3.8) is 0 Å². The second-order valence-electron chi connectivity index (χ2n) is 11.6. The molecule has 2 atom stereocenters. The lowest BCUT2D eigenvalue weighted by Crippen LogP contribution is -2.41. The first kappa shape index (κ1) is 29.3. The molecule has 1 amide bonds. The van der Waals surface area contributed by atoms with Gasteiger partial charge in [0.15, 0.2) is 11.5 Å². The number of rotatable bonds is 7. The summed E-state index contributed by atoms with van der Waals surface area (Å²) in [5, 5.41) is 12.0. The van der Waals surface area contributed by atoms with Crippen molar-refractivity contribution in [1.82, 2.24) is 0 Å². The molecular formula is C33H36ClF2NO4. The molecule has 8 heteroatoms. The number of aliphatic hydroxyl groups is 1. The molecule has 1 saturated carbocycles. The van der Waals surface area contributed by atoms with Crippen LogP contribution in [0.25, 0.3) is 0 Å². The van der Waals surface area contributed by atoms with E-state index in [0.29, 0.717) is 27.8 Å². The molecule has 1 heterocycles. The highest BCUT2D eigenvalue weighted by molar-refractivity contribution is 6.30. The summed E-state index contributed by atoms with van der Waals surface area (Å²) < 4.78 is 39.2. The molecule has 1 unspecified atom stereocenters. The number of ether oxygens (including phenoxy) is 2. The Morgan fingerprint density at radius 2 is 1.66 bits per heavy atom. The molecule has 0 bridgehead atoms. The van der Waals surface area contributed by atoms with Crippen LogP contribution >= 0.6 is 11.6 Å². The minimum atomic E-state index is -2.66. The maximum Gasteiger partial charge on any atom is 0.248 e. The van der Waals surface area contributed by atoms with Gasteiger partial charge >= 0.3 is 0 Å². The van der Waals surface area contributed by atoms with Gasteiger partial charge in [0.25, 0.3) is 0 Å². The molecule has 1 aliphatic carbocycles. The smallest absolute Gasteiger partial charge is 0.248 e. The lowest BCUT2D eigenvalue weighted by Gasteiger charge is -2.40. The van der Waals surface area contributed by atoms with Crippen molar-refractivity contribution in [2.75, 3.05) is 12.0 Å². The topological polar surface area (TPSA) is 59.0 Å². The van der Waals surface area contributed by atoms with Crippen LogP contribution in [-0.2, 0) is 16.8 Å². The predicted octanol–water partition coefficient (Wildman–Crippen LogP) is 7.85. The monoisotopic (exact) mass is 583 g/mol. The number of amides is 1. The van der Waals surface area contributed by atoms with E-state index in [1.54, 1.807) is 43.2 Å². The standard InChI is InChI=1S/C33H36ClF2NO4/c1-20(2)41-29-19-27-22(17-28(29)40-4)18-30(38)37(31(27)21-5-9-25(34)10-6-21)26-11-7-23(8-12-26)32(3,39)24-13-15-33(35,36)16-14-24/h5-12,17,19-20,24,31,39H,13-16,18H2,1-4H3/t31-,32?/m0/s1. The van der Waals surface area contributed by atoms with Crippen molar-refractivity contribution in [3.05, 3.63) is 87.9 Å². The van der Waals surface area contributed by atoms with Crippen molar-refractivity contribution >= 4 is 23.2 Å². The van der Waals surface area contributed by atoms with Gasteiger partial charge in [-0.05, 0) is 98.2 Å². The number of hydrogen-bond acceptors (Lipinski definition) is 4. The summed E-state index contributed by atoms with van der Waals surface area (Å²) in [5.41, 5.74) is 2.70. The second kappa shape index (κ2) is 11.3. The molecule has 3 aromatic rings. The zero-order chi connectivity index (χ0) is 29.5. The average Bonchev–Trinajstić information content (AvgIpc) is 2.92. The third-order valence-electron chi connectivity index (χ3n) is 8.38. The molecule has 41 heavy (non-hydrogen) atoms. The van der Waals surface area contributed by atoms with E-state index in [0.717, 1.165) is 16.7 Å². The lowest BCUT2D eigenvalue weighted by atomic mass is 9.73. The Bertz CT molecular complexity index is 1400. The molecule has 0 saturated heterocycles. The van der Waals surface area contributed by atoms with Gasteiger partial charge in [-0.15, -0.1) is 0 Å². The fourth-order valence-electron chi connectivity index (χ4n) is 6.13. The van der Waals surface area contributed by atoms with E-state index in [2.05, 4.69) is 0 Å². The van der Waals surface area contributed by atoms with Gasteiger partial charge in [-0.1, -0.05) is 35.9 Å². The third kappa shape index (κ3) is 5.93. The summed E-state index contributed by atoms with van der Waals surface area (Å²) in [4.78, 5) is 15.5. The zero-order valence-corrected chi connectivity index (χ0v) is 24.6. The second-order valence-corrected chi connectivity index (χ2v) is 12.0. The van der Waals surface area contributed by atoms with E-state index in [4.69, 9.17) is 21.1 Å². The molecule has 2 aliphatic rings. The van der Waals surface area contributed by atoms with E-state index >= 15 is 0 Å². The van der Waals surface area contributed by atoms with Crippen LogP contribution in [-0.4, -0.2) is 30.2 Å². The Morgan fingerprint density at radius 3 is 2.24 bits per heavy atom. The molecule has 1 N–H and O–H groups in total. The number of benzene rings is 3. The predicted molar refractivity (Wildman–Crippen MR) is 156 cm³/mol. The van der Waals surface area contributed by atoms with Crippen LogP contribution in [0.4, 0.5) is 14.5 Å². The molecule has 3 aromatic carbocycles. The SMILES string of the molecule is COc1cc2c(cc1OC(C)C)[C@H](c1ccc(Cl)cc1)N(c1ccc(C(C)(O)C3CCC(F)(F)CC3)cc1)C(=O)C2. The summed E-state index contributed by atoms with van der Waals surface area (Å²) in [5.74, 6) is -1.86. The molecule has 218 valence electrons.